The molecule has 0 aromatic rings. The summed E-state index contributed by atoms with van der Waals surface area (Å²) in [5.74, 6) is 0. The predicted molar refractivity (Wildman–Crippen MR) is 54.8 cm³/mol. The van der Waals surface area contributed by atoms with Gasteiger partial charge in [0.1, 0.15) is 6.79 Å². The van der Waals surface area contributed by atoms with E-state index in [0.29, 0.717) is 0 Å². The molecular formula is C8H25NO4. The second-order valence-electron chi connectivity index (χ2n) is 0.790. The second kappa shape index (κ2) is 1160. The van der Waals surface area contributed by atoms with E-state index in [4.69, 9.17) is 14.4 Å². The minimum absolute atomic E-state index is 0. The zero-order valence-corrected chi connectivity index (χ0v) is 8.35. The predicted octanol–water partition coefficient (Wildman–Crippen LogP) is 1.65. The lowest BCUT2D eigenvalue weighted by atomic mass is 10.6. The summed E-state index contributed by atoms with van der Waals surface area (Å²) in [5, 5.41) is 0. The topological polar surface area (TPSA) is 118 Å². The molecule has 0 amide bonds. The molecule has 0 aromatic heterocycles. The number of carbonyl (C=O) groups is 1. The Hall–Kier alpha value is -1.03. The molecule has 0 aliphatic carbocycles. The Kier molecular flexibility index (Phi) is 5200. The van der Waals surface area contributed by atoms with Crippen LogP contribution < -0.4 is 6.15 Å². The summed E-state index contributed by atoms with van der Waals surface area (Å²) in [6.45, 7) is 10.2. The molecule has 5 heteroatoms. The summed E-state index contributed by atoms with van der Waals surface area (Å²) in [5.41, 5.74) is 0. The van der Waals surface area contributed by atoms with Crippen LogP contribution in [0.4, 0.5) is 0 Å². The van der Waals surface area contributed by atoms with Gasteiger partial charge in [-0.25, -0.2) is 0 Å². The van der Waals surface area contributed by atoms with Crippen LogP contribution >= 0.6 is 0 Å². The van der Waals surface area contributed by atoms with Crippen LogP contribution in [0.5, 0.6) is 0 Å². The Bertz CT molecular complexity index is 54.1. The molecule has 0 radical (unpaired) electrons. The third-order valence-electron chi connectivity index (χ3n) is 0. The fourth-order valence-electron chi connectivity index (χ4n) is 0. The van der Waals surface area contributed by atoms with E-state index < -0.39 is 0 Å². The summed E-state index contributed by atoms with van der Waals surface area (Å²) < 4.78 is 0. The Morgan fingerprint density at radius 3 is 1.08 bits per heavy atom. The zero-order chi connectivity index (χ0) is 9.41. The molecular weight excluding hydrogens is 174 g/mol. The highest BCUT2D eigenvalue weighted by Crippen LogP contribution is 1.56. The van der Waals surface area contributed by atoms with Crippen molar-refractivity contribution in [1.82, 2.24) is 6.15 Å². The molecule has 0 saturated heterocycles. The van der Waals surface area contributed by atoms with E-state index in [1.54, 1.807) is 0 Å². The fourth-order valence-corrected chi connectivity index (χ4v) is 0. The molecule has 0 atom stereocenters. The highest BCUT2D eigenvalue weighted by Gasteiger charge is 1.35. The molecule has 5 nitrogen and oxygen atoms in total. The summed E-state index contributed by atoms with van der Waals surface area (Å²) in [7, 11) is 0. The average Bonchev–Trinajstić information content (AvgIpc) is 1.99. The highest BCUT2D eigenvalue weighted by molar-refractivity contribution is 5.20. The summed E-state index contributed by atoms with van der Waals surface area (Å²) in [4.78, 5) is 24.2. The van der Waals surface area contributed by atoms with Gasteiger partial charge in [-0.2, -0.15) is 9.59 Å². The van der Waals surface area contributed by atoms with E-state index in [1.807, 2.05) is 20.6 Å². The summed E-state index contributed by atoms with van der Waals surface area (Å²) in [6.07, 6.45) is 1.50. The van der Waals surface area contributed by atoms with Gasteiger partial charge < -0.3 is 16.4 Å². The number of hydrogen-bond acceptors (Lipinski definition) is 4. The lowest BCUT2D eigenvalue weighted by Crippen LogP contribution is -1.27. The average molecular weight is 199 g/mol. The quantitative estimate of drug-likeness (QED) is 0.637. The largest absolute Gasteiger partial charge is 0.412 e. The molecule has 0 saturated carbocycles. The maximum absolute atomic E-state index is 8.12. The van der Waals surface area contributed by atoms with Gasteiger partial charge in [0, 0.05) is 0 Å². The maximum atomic E-state index is 8.12. The maximum Gasteiger partial charge on any atom is 0.373 e. The zero-order valence-electron chi connectivity index (χ0n) is 8.35. The Balaban J connectivity index is -0.00000000698. The third kappa shape index (κ3) is 832. The molecule has 0 rings (SSSR count). The fraction of sp³-hybridized carbons (Fsp3) is 0.750. The van der Waals surface area contributed by atoms with Crippen molar-refractivity contribution in [3.8, 4) is 0 Å². The number of rotatable bonds is 0. The van der Waals surface area contributed by atoms with E-state index in [0.717, 1.165) is 0 Å². The van der Waals surface area contributed by atoms with Crippen LogP contribution in [0.3, 0.4) is 0 Å². The van der Waals surface area contributed by atoms with Crippen LogP contribution in [0.15, 0.2) is 0 Å². The Morgan fingerprint density at radius 2 is 1.08 bits per heavy atom. The first-order valence-corrected chi connectivity index (χ1v) is 3.11. The van der Waals surface area contributed by atoms with E-state index >= 15 is 0 Å². The summed E-state index contributed by atoms with van der Waals surface area (Å²) in [6, 6.07) is 0. The third-order valence-corrected chi connectivity index (χ3v) is 0. The van der Waals surface area contributed by atoms with Crippen LogP contribution in [0.2, 0.25) is 0 Å². The van der Waals surface area contributed by atoms with Crippen molar-refractivity contribution < 1.29 is 19.9 Å². The molecule has 13 heavy (non-hydrogen) atoms. The van der Waals surface area contributed by atoms with Crippen molar-refractivity contribution in [2.75, 3.05) is 0 Å². The summed E-state index contributed by atoms with van der Waals surface area (Å²) >= 11 is 0. The lowest BCUT2D eigenvalue weighted by Gasteiger charge is -1.48. The van der Waals surface area contributed by atoms with Gasteiger partial charge in [0.15, 0.2) is 0 Å². The van der Waals surface area contributed by atoms with Crippen LogP contribution in [0.25, 0.3) is 0 Å². The molecule has 0 aliphatic rings. The van der Waals surface area contributed by atoms with Gasteiger partial charge >= 0.3 is 6.15 Å². The SMILES string of the molecule is C.C=O.CC.CCC.N.O.O=C=O. The van der Waals surface area contributed by atoms with Crippen molar-refractivity contribution in [3.63, 3.8) is 0 Å². The molecule has 0 fully saturated rings. The normalized spacial score (nSPS) is 2.77. The monoisotopic (exact) mass is 199 g/mol. The van der Waals surface area contributed by atoms with Crippen LogP contribution in [0, 0.1) is 0 Å². The van der Waals surface area contributed by atoms with Gasteiger partial charge in [0.25, 0.3) is 0 Å². The molecule has 0 aliphatic heterocycles. The van der Waals surface area contributed by atoms with Gasteiger partial charge in [-0.3, -0.25) is 0 Å². The van der Waals surface area contributed by atoms with Crippen molar-refractivity contribution in [3.05, 3.63) is 0 Å². The van der Waals surface area contributed by atoms with Crippen LogP contribution in [-0.2, 0) is 14.4 Å². The van der Waals surface area contributed by atoms with Crippen LogP contribution in [0.1, 0.15) is 41.5 Å². The second-order valence-corrected chi connectivity index (χ2v) is 0.790. The Morgan fingerprint density at radius 1 is 1.08 bits per heavy atom. The van der Waals surface area contributed by atoms with E-state index in [2.05, 4.69) is 13.8 Å². The van der Waals surface area contributed by atoms with Gasteiger partial charge in [0.05, 0.1) is 0 Å². The minimum atomic E-state index is 0. The standard InChI is InChI=1S/C3H8.C2H6.CO2.CH2O.CH4.H3N.H2O/c1-3-2;1-2;2-1-3;1-2;;;/h3H2,1-2H3;1-2H3;;1H2;1H4;1H3;1H2. The molecule has 5 N–H and O–H groups in total. The first-order chi connectivity index (χ1) is 4.83. The van der Waals surface area contributed by atoms with Crippen molar-refractivity contribution in [1.29, 1.82) is 0 Å². The van der Waals surface area contributed by atoms with Gasteiger partial charge in [0.2, 0.25) is 0 Å². The first kappa shape index (κ1) is 58.3. The van der Waals surface area contributed by atoms with E-state index in [-0.39, 0.29) is 25.2 Å². The lowest BCUT2D eigenvalue weighted by molar-refractivity contribution is -0.191. The number of hydrogen-bond donors (Lipinski definition) is 1. The van der Waals surface area contributed by atoms with Gasteiger partial charge in [-0.05, 0) is 0 Å². The molecule has 0 unspecified atom stereocenters. The van der Waals surface area contributed by atoms with Gasteiger partial charge in [-0.15, -0.1) is 0 Å². The van der Waals surface area contributed by atoms with Crippen LogP contribution in [-0.4, -0.2) is 18.4 Å². The smallest absolute Gasteiger partial charge is 0.373 e. The molecule has 0 heterocycles. The van der Waals surface area contributed by atoms with E-state index in [9.17, 15) is 0 Å². The van der Waals surface area contributed by atoms with Crippen molar-refractivity contribution in [2.45, 2.75) is 41.5 Å². The van der Waals surface area contributed by atoms with E-state index in [1.165, 1.54) is 6.42 Å². The number of carbonyl (C=O) groups excluding carboxylic acids is 3. The molecule has 86 valence electrons. The highest BCUT2D eigenvalue weighted by atomic mass is 16.2. The molecule has 0 spiro atoms. The minimum Gasteiger partial charge on any atom is -0.412 e. The van der Waals surface area contributed by atoms with Crippen molar-refractivity contribution >= 4 is 12.9 Å². The Labute approximate surface area is 81.4 Å². The molecule has 0 bridgehead atoms. The van der Waals surface area contributed by atoms with Gasteiger partial charge in [-0.1, -0.05) is 41.5 Å². The molecule has 0 aromatic carbocycles. The first-order valence-electron chi connectivity index (χ1n) is 3.11. The van der Waals surface area contributed by atoms with Crippen molar-refractivity contribution in [2.24, 2.45) is 0 Å².